The molecule has 9 heteroatoms. The van der Waals surface area contributed by atoms with Gasteiger partial charge in [0, 0.05) is 17.8 Å². The van der Waals surface area contributed by atoms with Gasteiger partial charge in [0.2, 0.25) is 5.91 Å². The first kappa shape index (κ1) is 21.0. The van der Waals surface area contributed by atoms with Gasteiger partial charge in [-0.15, -0.1) is 6.58 Å². The average Bonchev–Trinajstić information content (AvgIpc) is 3.18. The summed E-state index contributed by atoms with van der Waals surface area (Å²) in [6.45, 7) is 3.62. The molecule has 3 amide bonds. The molecule has 0 unspecified atom stereocenters. The number of benzene rings is 2. The van der Waals surface area contributed by atoms with Crippen LogP contribution in [0.25, 0.3) is 5.57 Å². The molecule has 1 saturated heterocycles. The highest BCUT2D eigenvalue weighted by molar-refractivity contribution is 8.26. The van der Waals surface area contributed by atoms with Crippen molar-refractivity contribution in [3.8, 4) is 0 Å². The van der Waals surface area contributed by atoms with Gasteiger partial charge in [-0.25, -0.2) is 4.39 Å². The van der Waals surface area contributed by atoms with Crippen LogP contribution in [0.5, 0.6) is 0 Å². The van der Waals surface area contributed by atoms with E-state index in [1.54, 1.807) is 30.3 Å². The molecule has 6 nitrogen and oxygen atoms in total. The summed E-state index contributed by atoms with van der Waals surface area (Å²) in [7, 11) is 0. The van der Waals surface area contributed by atoms with Crippen LogP contribution in [0.1, 0.15) is 5.56 Å². The van der Waals surface area contributed by atoms with Crippen molar-refractivity contribution in [3.05, 3.63) is 77.5 Å². The Labute approximate surface area is 187 Å². The molecule has 2 aliphatic rings. The van der Waals surface area contributed by atoms with Gasteiger partial charge in [0.05, 0.1) is 16.2 Å². The van der Waals surface area contributed by atoms with Gasteiger partial charge < -0.3 is 5.32 Å². The molecule has 2 aromatic carbocycles. The summed E-state index contributed by atoms with van der Waals surface area (Å²) < 4.78 is 13.4. The topological polar surface area (TPSA) is 69.7 Å². The third kappa shape index (κ3) is 3.89. The third-order valence-electron chi connectivity index (χ3n) is 4.74. The Morgan fingerprint density at radius 3 is 2.52 bits per heavy atom. The Morgan fingerprint density at radius 1 is 1.10 bits per heavy atom. The smallest absolute Gasteiger partial charge is 0.267 e. The van der Waals surface area contributed by atoms with Gasteiger partial charge in [0.15, 0.2) is 0 Å². The number of carbonyl (C=O) groups is 3. The second-order valence-corrected chi connectivity index (χ2v) is 8.38. The van der Waals surface area contributed by atoms with Crippen LogP contribution in [-0.4, -0.2) is 40.0 Å². The lowest BCUT2D eigenvalue weighted by atomic mass is 10.1. The van der Waals surface area contributed by atoms with Crippen LogP contribution in [-0.2, 0) is 14.4 Å². The minimum absolute atomic E-state index is 0.231. The van der Waals surface area contributed by atoms with Crippen molar-refractivity contribution in [3.63, 3.8) is 0 Å². The zero-order valence-electron chi connectivity index (χ0n) is 16.1. The van der Waals surface area contributed by atoms with Crippen molar-refractivity contribution in [2.45, 2.75) is 0 Å². The number of hydrogen-bond acceptors (Lipinski definition) is 5. The van der Waals surface area contributed by atoms with Crippen molar-refractivity contribution in [2.24, 2.45) is 0 Å². The van der Waals surface area contributed by atoms with E-state index in [1.807, 2.05) is 0 Å². The maximum atomic E-state index is 13.3. The number of anilines is 2. The normalized spacial score (nSPS) is 17.9. The van der Waals surface area contributed by atoms with Crippen LogP contribution < -0.4 is 10.2 Å². The Kier molecular flexibility index (Phi) is 5.71. The van der Waals surface area contributed by atoms with Gasteiger partial charge in [-0.05, 0) is 30.3 Å². The SMILES string of the molecule is C=CCN1C(=O)C(=C2C(=O)N(CC(=O)Nc3ccc(F)cc3)c3ccccc32)SC1=S. The molecule has 0 radical (unpaired) electrons. The quantitative estimate of drug-likeness (QED) is 0.426. The Hall–Kier alpha value is -3.30. The van der Waals surface area contributed by atoms with Crippen molar-refractivity contribution in [1.29, 1.82) is 0 Å². The maximum absolute atomic E-state index is 13.3. The molecule has 0 aliphatic carbocycles. The molecule has 0 spiro atoms. The Bertz CT molecular complexity index is 1160. The molecule has 2 heterocycles. The van der Waals surface area contributed by atoms with E-state index >= 15 is 0 Å². The molecule has 0 atom stereocenters. The monoisotopic (exact) mass is 453 g/mol. The predicted octanol–water partition coefficient (Wildman–Crippen LogP) is 3.57. The van der Waals surface area contributed by atoms with Gasteiger partial charge in [-0.2, -0.15) is 0 Å². The third-order valence-corrected chi connectivity index (χ3v) is 6.19. The molecule has 156 valence electrons. The van der Waals surface area contributed by atoms with E-state index in [0.29, 0.717) is 21.3 Å². The van der Waals surface area contributed by atoms with E-state index in [2.05, 4.69) is 11.9 Å². The molecular formula is C22H16FN3O3S2. The summed E-state index contributed by atoms with van der Waals surface area (Å²) in [5.41, 5.74) is 1.75. The van der Waals surface area contributed by atoms with E-state index in [-0.39, 0.29) is 29.5 Å². The van der Waals surface area contributed by atoms with Crippen molar-refractivity contribution in [1.82, 2.24) is 4.90 Å². The van der Waals surface area contributed by atoms with Crippen LogP contribution in [0.3, 0.4) is 0 Å². The maximum Gasteiger partial charge on any atom is 0.267 e. The van der Waals surface area contributed by atoms with Crippen molar-refractivity contribution < 1.29 is 18.8 Å². The number of carbonyl (C=O) groups excluding carboxylic acids is 3. The second kappa shape index (κ2) is 8.44. The fourth-order valence-corrected chi connectivity index (χ4v) is 4.72. The molecule has 31 heavy (non-hydrogen) atoms. The molecule has 2 aliphatic heterocycles. The number of fused-ring (bicyclic) bond motifs is 1. The molecule has 1 N–H and O–H groups in total. The van der Waals surface area contributed by atoms with Gasteiger partial charge >= 0.3 is 0 Å². The summed E-state index contributed by atoms with van der Waals surface area (Å²) >= 11 is 6.35. The standard InChI is InChI=1S/C22H16FN3O3S2/c1-2-11-25-21(29)19(31-22(25)30)18-15-5-3-4-6-16(15)26(20(18)28)12-17(27)24-14-9-7-13(23)8-10-14/h2-10H,1,11-12H2,(H,24,27). The Morgan fingerprint density at radius 2 is 1.81 bits per heavy atom. The lowest BCUT2D eigenvalue weighted by Gasteiger charge is -2.16. The van der Waals surface area contributed by atoms with Gasteiger partial charge in [-0.1, -0.05) is 48.3 Å². The largest absolute Gasteiger partial charge is 0.325 e. The summed E-state index contributed by atoms with van der Waals surface area (Å²) in [6.07, 6.45) is 1.56. The molecular weight excluding hydrogens is 437 g/mol. The lowest BCUT2D eigenvalue weighted by molar-refractivity contribution is -0.122. The van der Waals surface area contributed by atoms with E-state index in [1.165, 1.54) is 34.1 Å². The van der Waals surface area contributed by atoms with Gasteiger partial charge in [-0.3, -0.25) is 24.2 Å². The molecule has 0 aromatic heterocycles. The van der Waals surface area contributed by atoms with E-state index in [4.69, 9.17) is 12.2 Å². The number of nitrogens with one attached hydrogen (secondary N) is 1. The number of amides is 3. The number of nitrogens with zero attached hydrogens (tertiary/aromatic N) is 2. The van der Waals surface area contributed by atoms with Crippen LogP contribution >= 0.6 is 24.0 Å². The molecule has 4 rings (SSSR count). The number of hydrogen-bond donors (Lipinski definition) is 1. The number of rotatable bonds is 5. The van der Waals surface area contributed by atoms with E-state index in [0.717, 1.165) is 11.8 Å². The van der Waals surface area contributed by atoms with Crippen molar-refractivity contribution >= 4 is 63.0 Å². The summed E-state index contributed by atoms with van der Waals surface area (Å²) in [5.74, 6) is -1.67. The minimum Gasteiger partial charge on any atom is -0.325 e. The molecule has 2 aromatic rings. The zero-order chi connectivity index (χ0) is 22.1. The highest BCUT2D eigenvalue weighted by Crippen LogP contribution is 2.44. The van der Waals surface area contributed by atoms with E-state index < -0.39 is 17.6 Å². The highest BCUT2D eigenvalue weighted by Gasteiger charge is 2.42. The number of para-hydroxylation sites is 1. The minimum atomic E-state index is -0.449. The number of halogens is 1. The summed E-state index contributed by atoms with van der Waals surface area (Å²) in [4.78, 5) is 41.7. The fraction of sp³-hybridized carbons (Fsp3) is 0.0909. The molecule has 1 fully saturated rings. The average molecular weight is 454 g/mol. The zero-order valence-corrected chi connectivity index (χ0v) is 17.8. The van der Waals surface area contributed by atoms with Crippen LogP contribution in [0.4, 0.5) is 15.8 Å². The lowest BCUT2D eigenvalue weighted by Crippen LogP contribution is -2.35. The summed E-state index contributed by atoms with van der Waals surface area (Å²) in [6, 6.07) is 12.3. The van der Waals surface area contributed by atoms with Crippen molar-refractivity contribution in [2.75, 3.05) is 23.3 Å². The van der Waals surface area contributed by atoms with E-state index in [9.17, 15) is 18.8 Å². The fourth-order valence-electron chi connectivity index (χ4n) is 3.37. The summed E-state index contributed by atoms with van der Waals surface area (Å²) in [5, 5.41) is 2.64. The van der Waals surface area contributed by atoms with Crippen LogP contribution in [0, 0.1) is 5.82 Å². The number of thioether (sulfide) groups is 1. The first-order chi connectivity index (χ1) is 14.9. The highest BCUT2D eigenvalue weighted by atomic mass is 32.2. The van der Waals surface area contributed by atoms with Crippen LogP contribution in [0.2, 0.25) is 0 Å². The second-order valence-electron chi connectivity index (χ2n) is 6.74. The van der Waals surface area contributed by atoms with Gasteiger partial charge in [0.25, 0.3) is 11.8 Å². The van der Waals surface area contributed by atoms with Crippen LogP contribution in [0.15, 0.2) is 66.1 Å². The molecule has 0 saturated carbocycles. The first-order valence-corrected chi connectivity index (χ1v) is 10.5. The Balaban J connectivity index is 1.64. The first-order valence-electron chi connectivity index (χ1n) is 9.26. The number of thiocarbonyl (C=S) groups is 1. The predicted molar refractivity (Wildman–Crippen MR) is 123 cm³/mol. The van der Waals surface area contributed by atoms with Gasteiger partial charge in [0.1, 0.15) is 16.7 Å². The molecule has 0 bridgehead atoms.